The number of likely N-dealkylation sites (tertiary alicyclic amines) is 1. The molecule has 5 aromatic rings. The number of nitrogens with zero attached hydrogens (tertiary/aromatic N) is 6. The number of anilines is 2. The van der Waals surface area contributed by atoms with Crippen molar-refractivity contribution in [2.75, 3.05) is 11.9 Å². The molecule has 40 heavy (non-hydrogen) atoms. The summed E-state index contributed by atoms with van der Waals surface area (Å²) in [4.78, 5) is 27.2. The lowest BCUT2D eigenvalue weighted by Gasteiger charge is -2.31. The fraction of sp³-hybridized carbons (Fsp3) is 0.194. The fourth-order valence-corrected chi connectivity index (χ4v) is 4.83. The summed E-state index contributed by atoms with van der Waals surface area (Å²) in [5, 5.41) is 8.39. The summed E-state index contributed by atoms with van der Waals surface area (Å²) in [7, 11) is 0. The summed E-state index contributed by atoms with van der Waals surface area (Å²) in [6.45, 7) is 6.34. The molecule has 0 saturated carbocycles. The first kappa shape index (κ1) is 25.1. The molecule has 0 aliphatic carbocycles. The molecule has 1 aliphatic rings. The van der Waals surface area contributed by atoms with Gasteiger partial charge in [-0.05, 0) is 80.3 Å². The predicted molar refractivity (Wildman–Crippen MR) is 153 cm³/mol. The molecule has 198 valence electrons. The lowest BCUT2D eigenvalue weighted by atomic mass is 10.0. The van der Waals surface area contributed by atoms with Crippen molar-refractivity contribution in [3.05, 3.63) is 91.2 Å². The van der Waals surface area contributed by atoms with E-state index in [1.807, 2.05) is 66.6 Å². The molecule has 1 amide bonds. The van der Waals surface area contributed by atoms with Crippen LogP contribution in [0.3, 0.4) is 0 Å². The van der Waals surface area contributed by atoms with E-state index in [0.29, 0.717) is 18.1 Å². The Morgan fingerprint density at radius 2 is 2.02 bits per heavy atom. The standard InChI is InChI=1S/C31H27N7O2/c1-3-30(39)37-14-5-4-6-24(37)10-7-22-8-11-27-26(17-22)31(34-19-32-27)36-23-9-12-28(21(2)16-23)40-25-13-15-38-29(18-25)33-20-35-38/h3,8-9,11-13,15-20,24H,1,4-6,14H2,2H3,(H,32,34,36)/t24-/m1/s1. The first-order valence-electron chi connectivity index (χ1n) is 13.1. The van der Waals surface area contributed by atoms with Crippen LogP contribution < -0.4 is 10.1 Å². The van der Waals surface area contributed by atoms with Crippen LogP contribution in [-0.4, -0.2) is 48.0 Å². The number of carbonyl (C=O) groups excluding carboxylic acids is 1. The van der Waals surface area contributed by atoms with Gasteiger partial charge in [-0.2, -0.15) is 5.10 Å². The van der Waals surface area contributed by atoms with Gasteiger partial charge in [0.25, 0.3) is 0 Å². The van der Waals surface area contributed by atoms with E-state index in [9.17, 15) is 4.79 Å². The number of hydrogen-bond donors (Lipinski definition) is 1. The first-order chi connectivity index (χ1) is 19.6. The number of pyridine rings is 1. The zero-order valence-corrected chi connectivity index (χ0v) is 22.0. The predicted octanol–water partition coefficient (Wildman–Crippen LogP) is 5.44. The number of rotatable bonds is 5. The van der Waals surface area contributed by atoms with E-state index < -0.39 is 0 Å². The van der Waals surface area contributed by atoms with E-state index in [-0.39, 0.29) is 11.9 Å². The van der Waals surface area contributed by atoms with E-state index >= 15 is 0 Å². The van der Waals surface area contributed by atoms with Crippen LogP contribution >= 0.6 is 0 Å². The molecule has 1 saturated heterocycles. The largest absolute Gasteiger partial charge is 0.457 e. The number of nitrogens with one attached hydrogen (secondary N) is 1. The number of fused-ring (bicyclic) bond motifs is 2. The highest BCUT2D eigenvalue weighted by Gasteiger charge is 2.23. The number of aryl methyl sites for hydroxylation is 1. The summed E-state index contributed by atoms with van der Waals surface area (Å²) < 4.78 is 7.79. The summed E-state index contributed by atoms with van der Waals surface area (Å²) in [6, 6.07) is 15.3. The number of amides is 1. The van der Waals surface area contributed by atoms with Crippen molar-refractivity contribution in [3.63, 3.8) is 0 Å². The molecule has 0 spiro atoms. The molecule has 4 heterocycles. The summed E-state index contributed by atoms with van der Waals surface area (Å²) in [5.74, 6) is 8.61. The molecule has 6 rings (SSSR count). The summed E-state index contributed by atoms with van der Waals surface area (Å²) >= 11 is 0. The fourth-order valence-electron chi connectivity index (χ4n) is 4.83. The van der Waals surface area contributed by atoms with E-state index in [1.165, 1.54) is 12.4 Å². The lowest BCUT2D eigenvalue weighted by Crippen LogP contribution is -2.42. The average molecular weight is 530 g/mol. The summed E-state index contributed by atoms with van der Waals surface area (Å²) in [6.07, 6.45) is 9.14. The number of carbonyl (C=O) groups is 1. The van der Waals surface area contributed by atoms with Crippen molar-refractivity contribution in [2.45, 2.75) is 32.2 Å². The van der Waals surface area contributed by atoms with Gasteiger partial charge in [-0.3, -0.25) is 4.79 Å². The number of piperidine rings is 1. The quantitative estimate of drug-likeness (QED) is 0.239. The third-order valence-corrected chi connectivity index (χ3v) is 6.90. The second kappa shape index (κ2) is 10.9. The molecule has 1 fully saturated rings. The van der Waals surface area contributed by atoms with Gasteiger partial charge in [-0.15, -0.1) is 0 Å². The number of aromatic nitrogens is 5. The van der Waals surface area contributed by atoms with E-state index in [1.54, 1.807) is 10.8 Å². The van der Waals surface area contributed by atoms with Gasteiger partial charge in [0.1, 0.15) is 30.0 Å². The smallest absolute Gasteiger partial charge is 0.246 e. The van der Waals surface area contributed by atoms with Crippen molar-refractivity contribution >= 4 is 34.0 Å². The molecular formula is C31H27N7O2. The number of ether oxygens (including phenoxy) is 1. The van der Waals surface area contributed by atoms with Crippen LogP contribution in [0.25, 0.3) is 16.6 Å². The van der Waals surface area contributed by atoms with Crippen LogP contribution in [0, 0.1) is 18.8 Å². The SMILES string of the molecule is C=CC(=O)N1CCCC[C@@H]1C#Cc1ccc2ncnc(Nc3ccc(Oc4ccn5ncnc5c4)c(C)c3)c2c1. The van der Waals surface area contributed by atoms with Crippen molar-refractivity contribution < 1.29 is 9.53 Å². The Balaban J connectivity index is 1.23. The lowest BCUT2D eigenvalue weighted by molar-refractivity contribution is -0.128. The van der Waals surface area contributed by atoms with Gasteiger partial charge in [-0.25, -0.2) is 19.5 Å². The summed E-state index contributed by atoms with van der Waals surface area (Å²) in [5.41, 5.74) is 4.20. The van der Waals surface area contributed by atoms with Crippen LogP contribution in [0.4, 0.5) is 11.5 Å². The Kier molecular flexibility index (Phi) is 6.81. The van der Waals surface area contributed by atoms with Gasteiger partial charge in [0.15, 0.2) is 5.65 Å². The van der Waals surface area contributed by atoms with Gasteiger partial charge in [0.2, 0.25) is 5.91 Å². The molecule has 2 aromatic carbocycles. The Bertz CT molecular complexity index is 1800. The molecule has 1 atom stereocenters. The Labute approximate surface area is 231 Å². The molecule has 9 nitrogen and oxygen atoms in total. The molecule has 1 N–H and O–H groups in total. The zero-order chi connectivity index (χ0) is 27.5. The maximum absolute atomic E-state index is 12.3. The van der Waals surface area contributed by atoms with Crippen LogP contribution in [0.5, 0.6) is 11.5 Å². The van der Waals surface area contributed by atoms with Crippen LogP contribution in [0.2, 0.25) is 0 Å². The average Bonchev–Trinajstić information content (AvgIpc) is 3.45. The third-order valence-electron chi connectivity index (χ3n) is 6.90. The number of benzene rings is 2. The van der Waals surface area contributed by atoms with Gasteiger partial charge >= 0.3 is 0 Å². The Hall–Kier alpha value is -5.23. The maximum Gasteiger partial charge on any atom is 0.246 e. The van der Waals surface area contributed by atoms with Crippen LogP contribution in [-0.2, 0) is 4.79 Å². The second-order valence-electron chi connectivity index (χ2n) is 9.60. The zero-order valence-electron chi connectivity index (χ0n) is 22.0. The van der Waals surface area contributed by atoms with Gasteiger partial charge < -0.3 is 15.0 Å². The third kappa shape index (κ3) is 5.20. The molecule has 9 heteroatoms. The first-order valence-corrected chi connectivity index (χ1v) is 13.1. The van der Waals surface area contributed by atoms with Gasteiger partial charge in [0, 0.05) is 35.4 Å². The molecule has 0 unspecified atom stereocenters. The van der Waals surface area contributed by atoms with Crippen LogP contribution in [0.1, 0.15) is 30.4 Å². The van der Waals surface area contributed by atoms with Crippen molar-refractivity contribution in [1.29, 1.82) is 0 Å². The second-order valence-corrected chi connectivity index (χ2v) is 9.60. The van der Waals surface area contributed by atoms with Crippen molar-refractivity contribution in [1.82, 2.24) is 29.5 Å². The monoisotopic (exact) mass is 529 g/mol. The molecule has 0 radical (unpaired) electrons. The molecule has 0 bridgehead atoms. The number of hydrogen-bond acceptors (Lipinski definition) is 7. The van der Waals surface area contributed by atoms with E-state index in [2.05, 4.69) is 43.8 Å². The van der Waals surface area contributed by atoms with E-state index in [4.69, 9.17) is 4.74 Å². The Morgan fingerprint density at radius 3 is 2.90 bits per heavy atom. The van der Waals surface area contributed by atoms with E-state index in [0.717, 1.165) is 58.4 Å². The highest BCUT2D eigenvalue weighted by atomic mass is 16.5. The Morgan fingerprint density at radius 1 is 1.10 bits per heavy atom. The normalized spacial score (nSPS) is 14.9. The highest BCUT2D eigenvalue weighted by molar-refractivity contribution is 5.91. The minimum absolute atomic E-state index is 0.0690. The minimum Gasteiger partial charge on any atom is -0.457 e. The van der Waals surface area contributed by atoms with Crippen molar-refractivity contribution in [3.8, 4) is 23.3 Å². The molecular weight excluding hydrogens is 502 g/mol. The minimum atomic E-state index is -0.110. The molecule has 1 aliphatic heterocycles. The van der Waals surface area contributed by atoms with Gasteiger partial charge in [-0.1, -0.05) is 18.4 Å². The maximum atomic E-state index is 12.3. The highest BCUT2D eigenvalue weighted by Crippen LogP contribution is 2.30. The topological polar surface area (TPSA) is 97.5 Å². The van der Waals surface area contributed by atoms with Crippen LogP contribution in [0.15, 0.2) is 80.0 Å². The van der Waals surface area contributed by atoms with Gasteiger partial charge in [0.05, 0.1) is 11.6 Å². The molecule has 3 aromatic heterocycles. The van der Waals surface area contributed by atoms with Crippen molar-refractivity contribution in [2.24, 2.45) is 0 Å².